The molecule has 3 heterocycles. The van der Waals surface area contributed by atoms with Crippen LogP contribution in [0.15, 0.2) is 30.6 Å². The lowest BCUT2D eigenvalue weighted by atomic mass is 10.0. The molecule has 1 atom stereocenters. The summed E-state index contributed by atoms with van der Waals surface area (Å²) in [7, 11) is 0. The molecule has 4 rings (SSSR count). The molecule has 0 aliphatic carbocycles. The summed E-state index contributed by atoms with van der Waals surface area (Å²) >= 11 is 11.5. The highest BCUT2D eigenvalue weighted by molar-refractivity contribution is 7.80. The van der Waals surface area contributed by atoms with E-state index in [1.54, 1.807) is 6.07 Å². The Hall–Kier alpha value is -2.32. The van der Waals surface area contributed by atoms with Gasteiger partial charge in [-0.25, -0.2) is 14.4 Å². The van der Waals surface area contributed by atoms with Crippen LogP contribution in [0.3, 0.4) is 0 Å². The predicted molar refractivity (Wildman–Crippen MR) is 97.9 cm³/mol. The molecule has 0 saturated carbocycles. The van der Waals surface area contributed by atoms with Crippen LogP contribution in [0.1, 0.15) is 19.3 Å². The van der Waals surface area contributed by atoms with E-state index in [4.69, 9.17) is 28.6 Å². The Morgan fingerprint density at radius 3 is 2.77 bits per heavy atom. The maximum Gasteiger partial charge on any atom is 0.321 e. The molecule has 2 saturated heterocycles. The maximum atomic E-state index is 14.6. The summed E-state index contributed by atoms with van der Waals surface area (Å²) in [5.74, 6) is -0.723. The number of ether oxygens (including phenoxy) is 1. The van der Waals surface area contributed by atoms with Crippen LogP contribution in [0.4, 0.5) is 10.1 Å². The third kappa shape index (κ3) is 2.89. The smallest absolute Gasteiger partial charge is 0.321 e. The average molecular weight is 393 g/mol. The van der Waals surface area contributed by atoms with Crippen molar-refractivity contribution in [3.63, 3.8) is 0 Å². The number of piperidine rings is 1. The second-order valence-electron chi connectivity index (χ2n) is 6.03. The highest BCUT2D eigenvalue weighted by Gasteiger charge is 2.45. The second kappa shape index (κ2) is 6.77. The normalized spacial score (nSPS) is 19.7. The molecule has 6 nitrogen and oxygen atoms in total. The molecular formula is C17H14ClFN4O2S. The van der Waals surface area contributed by atoms with Gasteiger partial charge in [0.05, 0.1) is 10.7 Å². The molecule has 2 aliphatic heterocycles. The summed E-state index contributed by atoms with van der Waals surface area (Å²) in [5, 5.41) is 0.358. The number of hydrogen-bond acceptors (Lipinski definition) is 5. The highest BCUT2D eigenvalue weighted by atomic mass is 35.5. The van der Waals surface area contributed by atoms with Crippen molar-refractivity contribution in [3.05, 3.63) is 41.4 Å². The Bertz CT molecular complexity index is 859. The first-order valence-corrected chi connectivity index (χ1v) is 8.93. The highest BCUT2D eigenvalue weighted by Crippen LogP contribution is 2.38. The zero-order chi connectivity index (χ0) is 18.3. The van der Waals surface area contributed by atoms with E-state index < -0.39 is 5.82 Å². The van der Waals surface area contributed by atoms with Gasteiger partial charge in [-0.3, -0.25) is 9.69 Å². The van der Waals surface area contributed by atoms with Crippen LogP contribution < -0.4 is 9.64 Å². The van der Waals surface area contributed by atoms with Crippen LogP contribution in [0, 0.1) is 5.82 Å². The number of anilines is 1. The Morgan fingerprint density at radius 2 is 2.04 bits per heavy atom. The summed E-state index contributed by atoms with van der Waals surface area (Å²) in [4.78, 5) is 23.8. The lowest BCUT2D eigenvalue weighted by Crippen LogP contribution is -2.38. The Kier molecular flexibility index (Phi) is 4.46. The summed E-state index contributed by atoms with van der Waals surface area (Å²) in [5.41, 5.74) is 0.0183. The summed E-state index contributed by atoms with van der Waals surface area (Å²) in [6, 6.07) is 3.84. The number of carbonyl (C=O) groups is 1. The van der Waals surface area contributed by atoms with Gasteiger partial charge in [0.2, 0.25) is 0 Å². The fourth-order valence-corrected chi connectivity index (χ4v) is 3.81. The van der Waals surface area contributed by atoms with E-state index in [1.807, 2.05) is 4.90 Å². The Morgan fingerprint density at radius 1 is 1.27 bits per heavy atom. The van der Waals surface area contributed by atoms with Crippen molar-refractivity contribution in [2.75, 3.05) is 11.4 Å². The molecule has 0 radical (unpaired) electrons. The quantitative estimate of drug-likeness (QED) is 0.744. The van der Waals surface area contributed by atoms with E-state index >= 15 is 0 Å². The van der Waals surface area contributed by atoms with Crippen LogP contribution in [0.5, 0.6) is 11.8 Å². The van der Waals surface area contributed by atoms with Gasteiger partial charge >= 0.3 is 6.01 Å². The number of halogens is 2. The van der Waals surface area contributed by atoms with Crippen LogP contribution >= 0.6 is 23.8 Å². The van der Waals surface area contributed by atoms with Gasteiger partial charge in [-0.05, 0) is 43.6 Å². The van der Waals surface area contributed by atoms with Crippen molar-refractivity contribution in [1.82, 2.24) is 14.9 Å². The van der Waals surface area contributed by atoms with Crippen molar-refractivity contribution in [2.45, 2.75) is 25.3 Å². The third-order valence-corrected chi connectivity index (χ3v) is 5.14. The van der Waals surface area contributed by atoms with Gasteiger partial charge in [-0.1, -0.05) is 11.6 Å². The molecule has 2 aliphatic rings. The fraction of sp³-hybridized carbons (Fsp3) is 0.294. The van der Waals surface area contributed by atoms with Crippen LogP contribution in [0.25, 0.3) is 0 Å². The number of hydrogen-bond donors (Lipinski definition) is 0. The molecule has 2 fully saturated rings. The van der Waals surface area contributed by atoms with E-state index in [1.165, 1.54) is 23.4 Å². The minimum absolute atomic E-state index is 0.0183. The van der Waals surface area contributed by atoms with Gasteiger partial charge in [-0.2, -0.15) is 0 Å². The molecule has 0 spiro atoms. The first-order valence-electron chi connectivity index (χ1n) is 8.15. The van der Waals surface area contributed by atoms with Crippen molar-refractivity contribution >= 4 is 40.5 Å². The Balaban J connectivity index is 1.71. The molecule has 0 unspecified atom stereocenters. The van der Waals surface area contributed by atoms with E-state index in [2.05, 4.69) is 9.97 Å². The van der Waals surface area contributed by atoms with Gasteiger partial charge < -0.3 is 9.64 Å². The zero-order valence-electron chi connectivity index (χ0n) is 13.6. The largest absolute Gasteiger partial charge is 0.423 e. The summed E-state index contributed by atoms with van der Waals surface area (Å²) < 4.78 is 20.1. The topological polar surface area (TPSA) is 58.6 Å². The molecule has 1 aromatic carbocycles. The minimum atomic E-state index is -0.646. The predicted octanol–water partition coefficient (Wildman–Crippen LogP) is 3.55. The standard InChI is InChI=1S/C17H14ClFN4O2S/c18-10-8-11(19)13(9-14(10)25-16-20-5-3-6-21-16)23-15(24)12-4-1-2-7-22(12)17(23)26/h3,5-6,8-9,12H,1-2,4,7H2/t12-/m0/s1. The van der Waals surface area contributed by atoms with Gasteiger partial charge in [0.15, 0.2) is 10.9 Å². The first kappa shape index (κ1) is 17.1. The molecule has 1 amide bonds. The lowest BCUT2D eigenvalue weighted by Gasteiger charge is -2.27. The van der Waals surface area contributed by atoms with E-state index in [0.717, 1.165) is 18.9 Å². The summed E-state index contributed by atoms with van der Waals surface area (Å²) in [6.45, 7) is 0.697. The first-order chi connectivity index (χ1) is 12.6. The molecule has 9 heteroatoms. The molecule has 26 heavy (non-hydrogen) atoms. The fourth-order valence-electron chi connectivity index (χ4n) is 3.22. The number of rotatable bonds is 3. The molecule has 0 N–H and O–H groups in total. The number of fused-ring (bicyclic) bond motifs is 1. The van der Waals surface area contributed by atoms with Crippen LogP contribution in [-0.2, 0) is 4.79 Å². The second-order valence-corrected chi connectivity index (χ2v) is 6.80. The number of nitrogens with zero attached hydrogens (tertiary/aromatic N) is 4. The van der Waals surface area contributed by atoms with Gasteiger partial charge in [0.25, 0.3) is 5.91 Å². The Labute approximate surface area is 159 Å². The van der Waals surface area contributed by atoms with Gasteiger partial charge in [0.1, 0.15) is 11.9 Å². The van der Waals surface area contributed by atoms with E-state index in [9.17, 15) is 9.18 Å². The van der Waals surface area contributed by atoms with E-state index in [-0.39, 0.29) is 34.4 Å². The number of amides is 1. The number of thiocarbonyl (C=S) groups is 1. The number of carbonyl (C=O) groups excluding carboxylic acids is 1. The minimum Gasteiger partial charge on any atom is -0.423 e. The molecule has 0 bridgehead atoms. The summed E-state index contributed by atoms with van der Waals surface area (Å²) in [6.07, 6.45) is 5.65. The molecular weight excluding hydrogens is 379 g/mol. The van der Waals surface area contributed by atoms with Gasteiger partial charge in [0, 0.05) is 25.0 Å². The monoisotopic (exact) mass is 392 g/mol. The molecule has 134 valence electrons. The van der Waals surface area contributed by atoms with E-state index in [0.29, 0.717) is 18.1 Å². The lowest BCUT2D eigenvalue weighted by molar-refractivity contribution is -0.120. The molecule has 2 aromatic rings. The van der Waals surface area contributed by atoms with Crippen molar-refractivity contribution in [3.8, 4) is 11.8 Å². The number of benzene rings is 1. The van der Waals surface area contributed by atoms with Crippen molar-refractivity contribution in [1.29, 1.82) is 0 Å². The zero-order valence-corrected chi connectivity index (χ0v) is 15.1. The van der Waals surface area contributed by atoms with Crippen molar-refractivity contribution in [2.24, 2.45) is 0 Å². The van der Waals surface area contributed by atoms with Crippen LogP contribution in [-0.4, -0.2) is 38.5 Å². The van der Waals surface area contributed by atoms with Gasteiger partial charge in [-0.15, -0.1) is 0 Å². The average Bonchev–Trinajstić information content (AvgIpc) is 2.90. The van der Waals surface area contributed by atoms with Crippen molar-refractivity contribution < 1.29 is 13.9 Å². The number of aromatic nitrogens is 2. The maximum absolute atomic E-state index is 14.6. The molecule has 1 aromatic heterocycles. The van der Waals surface area contributed by atoms with Crippen LogP contribution in [0.2, 0.25) is 5.02 Å². The SMILES string of the molecule is O=C1[C@@H]2CCCCN2C(=S)N1c1cc(Oc2ncccn2)c(Cl)cc1F. The third-order valence-electron chi connectivity index (χ3n) is 4.43.